The third-order valence-electron chi connectivity index (χ3n) is 4.75. The molecule has 2 N–H and O–H groups in total. The molecule has 6 nitrogen and oxygen atoms in total. The smallest absolute Gasteiger partial charge is 0.282 e. The molecule has 1 aromatic carbocycles. The van der Waals surface area contributed by atoms with Crippen molar-refractivity contribution in [1.82, 2.24) is 10.1 Å². The average molecular weight is 357 g/mol. The summed E-state index contributed by atoms with van der Waals surface area (Å²) in [5.74, 6) is -1.56. The molecule has 0 saturated carbocycles. The normalized spacial score (nSPS) is 21.2. The molecule has 0 unspecified atom stereocenters. The maximum Gasteiger partial charge on any atom is 0.282 e. The van der Waals surface area contributed by atoms with Gasteiger partial charge in [0.2, 0.25) is 0 Å². The van der Waals surface area contributed by atoms with Gasteiger partial charge in [-0.2, -0.15) is 5.06 Å². The van der Waals surface area contributed by atoms with E-state index in [1.807, 2.05) is 0 Å². The number of benzene rings is 1. The van der Waals surface area contributed by atoms with E-state index in [1.165, 1.54) is 19.2 Å². The van der Waals surface area contributed by atoms with Gasteiger partial charge in [0.25, 0.3) is 5.91 Å². The minimum atomic E-state index is -1.13. The number of carbonyl (C=O) groups excluding carboxylic acids is 1. The van der Waals surface area contributed by atoms with Crippen molar-refractivity contribution < 1.29 is 24.3 Å². The van der Waals surface area contributed by atoms with Crippen LogP contribution < -0.4 is 0 Å². The Morgan fingerprint density at radius 3 is 2.54 bits per heavy atom. The zero-order chi connectivity index (χ0) is 17.6. The van der Waals surface area contributed by atoms with Crippen LogP contribution in [0.25, 0.3) is 5.57 Å². The zero-order valence-corrected chi connectivity index (χ0v) is 14.1. The van der Waals surface area contributed by atoms with Gasteiger partial charge in [-0.3, -0.25) is 9.63 Å². The summed E-state index contributed by atoms with van der Waals surface area (Å²) in [7, 11) is 1.31. The van der Waals surface area contributed by atoms with Gasteiger partial charge in [0.15, 0.2) is 0 Å². The van der Waals surface area contributed by atoms with Crippen molar-refractivity contribution in [3.8, 4) is 0 Å². The van der Waals surface area contributed by atoms with Gasteiger partial charge < -0.3 is 10.3 Å². The highest BCUT2D eigenvalue weighted by atomic mass is 35.5. The molecule has 0 bridgehead atoms. The number of aliphatic hydroxyl groups is 1. The van der Waals surface area contributed by atoms with E-state index >= 15 is 0 Å². The van der Waals surface area contributed by atoms with Gasteiger partial charge in [-0.1, -0.05) is 17.7 Å². The fraction of sp³-hybridized carbons (Fsp3) is 0.438. The van der Waals surface area contributed by atoms with E-state index in [2.05, 4.69) is 0 Å². The Morgan fingerprint density at radius 1 is 1.33 bits per heavy atom. The maximum atomic E-state index is 14.6. The topological polar surface area (TPSA) is 73.2 Å². The van der Waals surface area contributed by atoms with E-state index < -0.39 is 17.3 Å². The second kappa shape index (κ2) is 6.00. The second-order valence-electron chi connectivity index (χ2n) is 6.04. The highest BCUT2D eigenvalue weighted by Crippen LogP contribution is 2.46. The number of carbonyl (C=O) groups is 1. The van der Waals surface area contributed by atoms with Gasteiger partial charge in [-0.05, 0) is 31.4 Å². The first kappa shape index (κ1) is 17.2. The molecule has 0 aromatic heterocycles. The van der Waals surface area contributed by atoms with Crippen LogP contribution in [0.2, 0.25) is 5.02 Å². The predicted molar refractivity (Wildman–Crippen MR) is 84.9 cm³/mol. The molecule has 8 heteroatoms. The molecule has 3 rings (SSSR count). The monoisotopic (exact) mass is 356 g/mol. The van der Waals surface area contributed by atoms with E-state index in [0.29, 0.717) is 5.56 Å². The van der Waals surface area contributed by atoms with Crippen LogP contribution in [0.3, 0.4) is 0 Å². The van der Waals surface area contributed by atoms with Crippen molar-refractivity contribution in [3.05, 3.63) is 39.9 Å². The molecule has 2 aliphatic rings. The number of hydroxylamine groups is 4. The molecule has 0 aliphatic carbocycles. The molecule has 24 heavy (non-hydrogen) atoms. The summed E-state index contributed by atoms with van der Waals surface area (Å²) < 4.78 is 14.6. The van der Waals surface area contributed by atoms with E-state index in [4.69, 9.17) is 16.4 Å². The molecular formula is C16H18ClFN2O4. The Kier molecular flexibility index (Phi) is 4.29. The Labute approximate surface area is 143 Å². The second-order valence-corrected chi connectivity index (χ2v) is 6.45. The fourth-order valence-corrected chi connectivity index (χ4v) is 3.64. The number of hydrogen-bond donors (Lipinski definition) is 2. The Balaban J connectivity index is 2.19. The molecule has 130 valence electrons. The van der Waals surface area contributed by atoms with Crippen LogP contribution >= 0.6 is 11.6 Å². The Morgan fingerprint density at radius 2 is 1.96 bits per heavy atom. The van der Waals surface area contributed by atoms with Crippen LogP contribution in [0.4, 0.5) is 4.39 Å². The highest BCUT2D eigenvalue weighted by molar-refractivity contribution is 6.35. The summed E-state index contributed by atoms with van der Waals surface area (Å²) in [4.78, 5) is 18.0. The number of aliphatic hydroxyl groups excluding tert-OH is 1. The largest absolute Gasteiger partial charge is 0.509 e. The van der Waals surface area contributed by atoms with Crippen LogP contribution in [0.15, 0.2) is 17.9 Å². The molecular weight excluding hydrogens is 339 g/mol. The highest BCUT2D eigenvalue weighted by Gasteiger charge is 2.55. The predicted octanol–water partition coefficient (Wildman–Crippen LogP) is 2.68. The summed E-state index contributed by atoms with van der Waals surface area (Å²) >= 11 is 6.11. The van der Waals surface area contributed by atoms with Gasteiger partial charge in [0.1, 0.15) is 17.1 Å². The lowest BCUT2D eigenvalue weighted by atomic mass is 9.86. The molecule has 0 radical (unpaired) electrons. The van der Waals surface area contributed by atoms with Crippen molar-refractivity contribution in [1.29, 1.82) is 0 Å². The summed E-state index contributed by atoms with van der Waals surface area (Å²) in [6, 6.07) is 2.99. The maximum absolute atomic E-state index is 14.6. The molecule has 0 atom stereocenters. The lowest BCUT2D eigenvalue weighted by Gasteiger charge is -2.41. The van der Waals surface area contributed by atoms with Gasteiger partial charge >= 0.3 is 0 Å². The number of hydrogen-bond acceptors (Lipinski definition) is 5. The lowest BCUT2D eigenvalue weighted by Crippen LogP contribution is -2.54. The molecule has 1 spiro atoms. The molecule has 1 saturated heterocycles. The Hall–Kier alpha value is -1.67. The number of piperidine rings is 1. The third kappa shape index (κ3) is 2.31. The molecule has 2 aliphatic heterocycles. The van der Waals surface area contributed by atoms with Crippen molar-refractivity contribution in [2.24, 2.45) is 0 Å². The van der Waals surface area contributed by atoms with Crippen LogP contribution in [0.5, 0.6) is 0 Å². The summed E-state index contributed by atoms with van der Waals surface area (Å²) in [6.07, 6.45) is 0.507. The zero-order valence-electron chi connectivity index (χ0n) is 13.3. The number of amides is 1. The first-order valence-electron chi connectivity index (χ1n) is 7.54. The van der Waals surface area contributed by atoms with Crippen molar-refractivity contribution in [2.75, 3.05) is 20.2 Å². The van der Waals surface area contributed by atoms with Gasteiger partial charge in [-0.25, -0.2) is 9.45 Å². The SMILES string of the molecule is CON1C(=O)C(c2c(Cl)ccc(C)c2F)=C(O)C12CCN(O)CC2. The number of nitrogens with zero attached hydrogens (tertiary/aromatic N) is 2. The molecule has 2 heterocycles. The molecule has 1 amide bonds. The van der Waals surface area contributed by atoms with E-state index in [-0.39, 0.29) is 47.8 Å². The third-order valence-corrected chi connectivity index (χ3v) is 5.06. The minimum absolute atomic E-state index is 0.0423. The number of aryl methyl sites for hydroxylation is 1. The summed E-state index contributed by atoms with van der Waals surface area (Å²) in [5.41, 5.74) is -1.11. The van der Waals surface area contributed by atoms with Gasteiger partial charge in [-0.15, -0.1) is 0 Å². The lowest BCUT2D eigenvalue weighted by molar-refractivity contribution is -0.215. The average Bonchev–Trinajstić information content (AvgIpc) is 2.75. The summed E-state index contributed by atoms with van der Waals surface area (Å²) in [6.45, 7) is 2.04. The first-order valence-corrected chi connectivity index (χ1v) is 7.92. The van der Waals surface area contributed by atoms with Crippen molar-refractivity contribution in [2.45, 2.75) is 25.3 Å². The van der Waals surface area contributed by atoms with E-state index in [1.54, 1.807) is 6.92 Å². The quantitative estimate of drug-likeness (QED) is 0.852. The number of rotatable bonds is 2. The van der Waals surface area contributed by atoms with Crippen LogP contribution in [0.1, 0.15) is 24.0 Å². The molecule has 1 aromatic rings. The van der Waals surface area contributed by atoms with E-state index in [9.17, 15) is 19.5 Å². The minimum Gasteiger partial charge on any atom is -0.509 e. The van der Waals surface area contributed by atoms with Crippen LogP contribution in [0, 0.1) is 12.7 Å². The van der Waals surface area contributed by atoms with Gasteiger partial charge in [0, 0.05) is 18.7 Å². The Bertz CT molecular complexity index is 729. The fourth-order valence-electron chi connectivity index (χ4n) is 3.40. The first-order chi connectivity index (χ1) is 11.3. The number of halogens is 2. The van der Waals surface area contributed by atoms with Crippen LogP contribution in [-0.4, -0.2) is 52.1 Å². The standard InChI is InChI=1S/C16H18ClFN2O4/c1-9-3-4-10(17)11(13(9)18)12-14(21)16(20(24-2)15(12)22)5-7-19(23)8-6-16/h3-4,21,23H,5-8H2,1-2H3. The summed E-state index contributed by atoms with van der Waals surface area (Å²) in [5, 5.41) is 22.6. The van der Waals surface area contributed by atoms with Crippen molar-refractivity contribution >= 4 is 23.1 Å². The molecule has 1 fully saturated rings. The van der Waals surface area contributed by atoms with Crippen LogP contribution in [-0.2, 0) is 9.63 Å². The van der Waals surface area contributed by atoms with Crippen molar-refractivity contribution in [3.63, 3.8) is 0 Å². The van der Waals surface area contributed by atoms with E-state index in [0.717, 1.165) is 10.1 Å². The van der Waals surface area contributed by atoms with Gasteiger partial charge in [0.05, 0.1) is 17.7 Å².